The average molecular weight is 361 g/mol. The van der Waals surface area contributed by atoms with Gasteiger partial charge in [-0.25, -0.2) is 4.39 Å². The van der Waals surface area contributed by atoms with Crippen LogP contribution in [-0.2, 0) is 16.0 Å². The van der Waals surface area contributed by atoms with Crippen LogP contribution in [0.3, 0.4) is 0 Å². The molecule has 2 amide bonds. The molecule has 0 atom stereocenters. The van der Waals surface area contributed by atoms with Gasteiger partial charge in [-0.05, 0) is 49.7 Å². The van der Waals surface area contributed by atoms with Gasteiger partial charge in [0.1, 0.15) is 0 Å². The Balaban J connectivity index is 1.46. The molecule has 1 aromatic rings. The smallest absolute Gasteiger partial charge is 0.260 e. The van der Waals surface area contributed by atoms with Crippen molar-refractivity contribution in [2.24, 2.45) is 5.41 Å². The summed E-state index contributed by atoms with van der Waals surface area (Å²) in [6.45, 7) is 2.64. The molecular weight excluding hydrogens is 333 g/mol. The summed E-state index contributed by atoms with van der Waals surface area (Å²) in [6, 6.07) is 3.77. The van der Waals surface area contributed by atoms with Crippen molar-refractivity contribution in [1.82, 2.24) is 14.8 Å². The summed E-state index contributed by atoms with van der Waals surface area (Å²) in [6.07, 6.45) is 5.92. The molecule has 0 aromatic carbocycles. The first kappa shape index (κ1) is 18.8. The molecule has 142 valence electrons. The summed E-state index contributed by atoms with van der Waals surface area (Å²) >= 11 is 0. The van der Waals surface area contributed by atoms with Crippen molar-refractivity contribution in [3.63, 3.8) is 0 Å². The van der Waals surface area contributed by atoms with Gasteiger partial charge in [0.2, 0.25) is 5.91 Å². The van der Waals surface area contributed by atoms with Crippen molar-refractivity contribution in [2.45, 2.75) is 51.1 Å². The van der Waals surface area contributed by atoms with Crippen LogP contribution in [0.15, 0.2) is 18.3 Å². The second kappa shape index (κ2) is 6.97. The van der Waals surface area contributed by atoms with Gasteiger partial charge in [0.05, 0.1) is 12.1 Å². The zero-order valence-electron chi connectivity index (χ0n) is 15.9. The highest BCUT2D eigenvalue weighted by Gasteiger charge is 2.62. The Labute approximate surface area is 154 Å². The molecule has 2 fully saturated rings. The Bertz CT molecular complexity index is 694. The molecule has 0 bridgehead atoms. The fraction of sp³-hybridized carbons (Fsp3) is 0.650. The molecule has 2 aliphatic rings. The Kier molecular flexibility index (Phi) is 5.04. The van der Waals surface area contributed by atoms with Gasteiger partial charge in [-0.2, -0.15) is 0 Å². The molecule has 1 heterocycles. The maximum atomic E-state index is 14.8. The molecule has 6 heteroatoms. The number of carbonyl (C=O) groups is 2. The Hall–Kier alpha value is -1.98. The van der Waals surface area contributed by atoms with Crippen molar-refractivity contribution >= 4 is 11.8 Å². The molecule has 2 saturated carbocycles. The van der Waals surface area contributed by atoms with Crippen LogP contribution in [0.25, 0.3) is 0 Å². The first-order valence-corrected chi connectivity index (χ1v) is 9.34. The van der Waals surface area contributed by atoms with Crippen LogP contribution >= 0.6 is 0 Å². The summed E-state index contributed by atoms with van der Waals surface area (Å²) in [5.41, 5.74) is 0.161. The highest BCUT2D eigenvalue weighted by atomic mass is 19.1. The molecule has 1 aromatic heterocycles. The van der Waals surface area contributed by atoms with Gasteiger partial charge >= 0.3 is 0 Å². The van der Waals surface area contributed by atoms with Crippen molar-refractivity contribution in [3.05, 3.63) is 29.6 Å². The highest BCUT2D eigenvalue weighted by Crippen LogP contribution is 2.62. The van der Waals surface area contributed by atoms with Crippen LogP contribution in [0.1, 0.15) is 43.4 Å². The monoisotopic (exact) mass is 361 g/mol. The third-order valence-corrected chi connectivity index (χ3v) is 6.09. The van der Waals surface area contributed by atoms with Crippen molar-refractivity contribution in [1.29, 1.82) is 0 Å². The minimum atomic E-state index is -1.69. The average Bonchev–Trinajstić information content (AvgIpc) is 2.56. The Morgan fingerprint density at radius 1 is 1.19 bits per heavy atom. The zero-order valence-corrected chi connectivity index (χ0v) is 15.9. The number of pyridine rings is 1. The van der Waals surface area contributed by atoms with Gasteiger partial charge in [-0.3, -0.25) is 14.6 Å². The van der Waals surface area contributed by atoms with E-state index in [1.54, 1.807) is 25.2 Å². The third kappa shape index (κ3) is 3.60. The third-order valence-electron chi connectivity index (χ3n) is 6.09. The van der Waals surface area contributed by atoms with Crippen LogP contribution in [0.2, 0.25) is 0 Å². The number of aryl methyl sites for hydroxylation is 1. The Morgan fingerprint density at radius 3 is 2.42 bits per heavy atom. The number of likely N-dealkylation sites (N-methyl/N-ethyl adjacent to an activating group) is 2. The number of rotatable bonds is 6. The largest absolute Gasteiger partial charge is 0.344 e. The predicted molar refractivity (Wildman–Crippen MR) is 97.3 cm³/mol. The lowest BCUT2D eigenvalue weighted by atomic mass is 9.50. The van der Waals surface area contributed by atoms with E-state index < -0.39 is 11.6 Å². The van der Waals surface area contributed by atoms with Crippen LogP contribution < -0.4 is 0 Å². The van der Waals surface area contributed by atoms with Crippen molar-refractivity contribution in [3.8, 4) is 0 Å². The first-order chi connectivity index (χ1) is 12.2. The fourth-order valence-electron chi connectivity index (χ4n) is 4.17. The van der Waals surface area contributed by atoms with Gasteiger partial charge in [0.15, 0.2) is 5.67 Å². The lowest BCUT2D eigenvalue weighted by molar-refractivity contribution is -0.170. The standard InChI is InChI=1S/C20H28FN3O2/c1-15-6-4-9-22-16(15)12-17(25)23(2)10-11-24(3)18(26)20(21)13-19(14-20)7-5-8-19/h4,6,9H,5,7-8,10-14H2,1-3H3. The van der Waals surface area contributed by atoms with Gasteiger partial charge < -0.3 is 9.80 Å². The molecule has 1 spiro atoms. The van der Waals surface area contributed by atoms with Gasteiger partial charge in [-0.1, -0.05) is 12.5 Å². The number of hydrogen-bond acceptors (Lipinski definition) is 3. The summed E-state index contributed by atoms with van der Waals surface area (Å²) in [4.78, 5) is 32.0. The van der Waals surface area contributed by atoms with Gasteiger partial charge in [-0.15, -0.1) is 0 Å². The minimum absolute atomic E-state index is 0.0559. The van der Waals surface area contributed by atoms with E-state index >= 15 is 0 Å². The molecule has 0 saturated heterocycles. The number of nitrogens with zero attached hydrogens (tertiary/aromatic N) is 3. The Morgan fingerprint density at radius 2 is 1.85 bits per heavy atom. The first-order valence-electron chi connectivity index (χ1n) is 9.34. The molecule has 2 aliphatic carbocycles. The lowest BCUT2D eigenvalue weighted by Gasteiger charge is -2.56. The molecule has 0 aliphatic heterocycles. The number of alkyl halides is 1. The molecular formula is C20H28FN3O2. The SMILES string of the molecule is Cc1cccnc1CC(=O)N(C)CCN(C)C(=O)C1(F)CC2(CCC2)C1. The predicted octanol–water partition coefficient (Wildman–Crippen LogP) is 2.52. The summed E-state index contributed by atoms with van der Waals surface area (Å²) < 4.78 is 14.8. The quantitative estimate of drug-likeness (QED) is 0.782. The zero-order chi connectivity index (χ0) is 18.9. The van der Waals surface area contributed by atoms with Crippen LogP contribution in [-0.4, -0.2) is 59.5 Å². The molecule has 3 rings (SSSR count). The molecule has 5 nitrogen and oxygen atoms in total. The summed E-state index contributed by atoms with van der Waals surface area (Å²) in [7, 11) is 3.33. The minimum Gasteiger partial charge on any atom is -0.344 e. The number of hydrogen-bond donors (Lipinski definition) is 0. The summed E-state index contributed by atoms with van der Waals surface area (Å²) in [5, 5.41) is 0. The van der Waals surface area contributed by atoms with Gasteiger partial charge in [0.25, 0.3) is 5.91 Å². The molecule has 0 unspecified atom stereocenters. The van der Waals surface area contributed by atoms with Crippen molar-refractivity contribution < 1.29 is 14.0 Å². The maximum Gasteiger partial charge on any atom is 0.260 e. The number of aromatic nitrogens is 1. The second-order valence-electron chi connectivity index (χ2n) is 8.16. The van der Waals surface area contributed by atoms with E-state index in [-0.39, 0.29) is 17.7 Å². The fourth-order valence-corrected chi connectivity index (χ4v) is 4.17. The molecule has 0 N–H and O–H groups in total. The van der Waals surface area contributed by atoms with Gasteiger partial charge in [0, 0.05) is 33.4 Å². The highest BCUT2D eigenvalue weighted by molar-refractivity contribution is 5.86. The van der Waals surface area contributed by atoms with Crippen molar-refractivity contribution in [2.75, 3.05) is 27.2 Å². The maximum absolute atomic E-state index is 14.8. The van der Waals surface area contributed by atoms with E-state index in [0.29, 0.717) is 25.9 Å². The van der Waals surface area contributed by atoms with E-state index in [2.05, 4.69) is 4.98 Å². The molecule has 26 heavy (non-hydrogen) atoms. The van der Waals surface area contributed by atoms with E-state index in [1.807, 2.05) is 19.1 Å². The number of carbonyl (C=O) groups excluding carboxylic acids is 2. The number of amides is 2. The van der Waals surface area contributed by atoms with Crippen LogP contribution in [0, 0.1) is 12.3 Å². The van der Waals surface area contributed by atoms with E-state index in [9.17, 15) is 14.0 Å². The topological polar surface area (TPSA) is 53.5 Å². The summed E-state index contributed by atoms with van der Waals surface area (Å²) in [5.74, 6) is -0.490. The second-order valence-corrected chi connectivity index (χ2v) is 8.16. The normalized spacial score (nSPS) is 19.4. The van der Waals surface area contributed by atoms with E-state index in [4.69, 9.17) is 0 Å². The van der Waals surface area contributed by atoms with Crippen LogP contribution in [0.4, 0.5) is 4.39 Å². The lowest BCUT2D eigenvalue weighted by Crippen LogP contribution is -2.60. The van der Waals surface area contributed by atoms with E-state index in [0.717, 1.165) is 30.5 Å². The van der Waals surface area contributed by atoms with Crippen LogP contribution in [0.5, 0.6) is 0 Å². The molecule has 0 radical (unpaired) electrons. The number of halogens is 1. The van der Waals surface area contributed by atoms with E-state index in [1.165, 1.54) is 4.90 Å².